The number of carbonyl (C=O) groups is 3. The number of rotatable bonds is 24. The molecular formula is C55H69N9O11S2. The Hall–Kier alpha value is -7.20. The number of β-amino-alcohol motifs (C(OH)–C–C–N with tert-alkyl or cyclic N) is 1. The van der Waals surface area contributed by atoms with Crippen LogP contribution < -0.4 is 32.9 Å². The van der Waals surface area contributed by atoms with Gasteiger partial charge in [0.15, 0.2) is 5.56 Å². The second kappa shape index (κ2) is 30.5. The van der Waals surface area contributed by atoms with Crippen LogP contribution in [0, 0.1) is 23.7 Å². The Morgan fingerprint density at radius 1 is 0.935 bits per heavy atom. The van der Waals surface area contributed by atoms with Crippen molar-refractivity contribution in [3.63, 3.8) is 0 Å². The highest BCUT2D eigenvalue weighted by Crippen LogP contribution is 2.40. The Balaban J connectivity index is 0.000000302. The summed E-state index contributed by atoms with van der Waals surface area (Å²) in [6.45, 7) is 12.9. The van der Waals surface area contributed by atoms with Crippen LogP contribution in [0.5, 0.6) is 11.5 Å². The van der Waals surface area contributed by atoms with Crippen molar-refractivity contribution in [3.05, 3.63) is 117 Å². The topological polar surface area (TPSA) is 304 Å². The van der Waals surface area contributed by atoms with Crippen molar-refractivity contribution in [1.82, 2.24) is 25.2 Å². The summed E-state index contributed by atoms with van der Waals surface area (Å²) in [5, 5.41) is 35.5. The highest BCUT2D eigenvalue weighted by Gasteiger charge is 2.27. The van der Waals surface area contributed by atoms with E-state index in [2.05, 4.69) is 48.2 Å². The highest BCUT2D eigenvalue weighted by molar-refractivity contribution is 7.17. The number of hydrazine groups is 1. The fraction of sp³-hybridized carbons (Fsp3) is 0.382. The lowest BCUT2D eigenvalue weighted by Gasteiger charge is -2.22. The number of H-pyrrole nitrogens is 1. The first-order chi connectivity index (χ1) is 36.9. The molecule has 1 unspecified atom stereocenters. The number of pyridine rings is 1. The van der Waals surface area contributed by atoms with Crippen molar-refractivity contribution in [2.24, 2.45) is 22.7 Å². The van der Waals surface area contributed by atoms with Gasteiger partial charge in [0.05, 0.1) is 93.2 Å². The van der Waals surface area contributed by atoms with Crippen molar-refractivity contribution in [3.8, 4) is 50.3 Å². The fourth-order valence-corrected chi connectivity index (χ4v) is 9.48. The summed E-state index contributed by atoms with van der Waals surface area (Å²) in [5.74, 6) is 6.05. The summed E-state index contributed by atoms with van der Waals surface area (Å²) >= 11 is 2.92. The monoisotopic (exact) mass is 1100 g/mol. The number of thiazole rings is 1. The lowest BCUT2D eigenvalue weighted by Crippen LogP contribution is -2.32. The maximum absolute atomic E-state index is 12.1. The van der Waals surface area contributed by atoms with Gasteiger partial charge in [0, 0.05) is 54.3 Å². The molecule has 3 amide bonds. The molecule has 0 aliphatic carbocycles. The number of aromatic nitrogens is 2. The van der Waals surface area contributed by atoms with Gasteiger partial charge in [-0.05, 0) is 53.1 Å². The molecule has 22 heteroatoms. The second-order valence-electron chi connectivity index (χ2n) is 18.8. The maximum atomic E-state index is 12.1. The summed E-state index contributed by atoms with van der Waals surface area (Å²) < 4.78 is 27.0. The highest BCUT2D eigenvalue weighted by atomic mass is 32.1. The van der Waals surface area contributed by atoms with Gasteiger partial charge in [-0.3, -0.25) is 19.2 Å². The molecule has 3 aromatic carbocycles. The van der Waals surface area contributed by atoms with Crippen LogP contribution in [0.15, 0.2) is 88.6 Å². The number of fused-ring (bicyclic) bond motifs is 1. The Kier molecular flexibility index (Phi) is 24.0. The number of aliphatic hydroxyl groups is 1. The number of aliphatic hydroxyl groups excluding tert-OH is 1. The summed E-state index contributed by atoms with van der Waals surface area (Å²) in [4.78, 5) is 54.7. The summed E-state index contributed by atoms with van der Waals surface area (Å²) in [7, 11) is 1.58. The van der Waals surface area contributed by atoms with Gasteiger partial charge in [0.25, 0.3) is 5.56 Å². The number of primary amides is 1. The number of aryl methyl sites for hydroxylation is 1. The Bertz CT molecular complexity index is 2980. The molecule has 1 atom stereocenters. The Morgan fingerprint density at radius 3 is 2.12 bits per heavy atom. The number of benzene rings is 3. The fourth-order valence-electron chi connectivity index (χ4n) is 7.70. The van der Waals surface area contributed by atoms with E-state index in [4.69, 9.17) is 41.0 Å². The minimum Gasteiger partial charge on any atom is -0.506 e. The minimum absolute atomic E-state index is 0.0463. The third-order valence-electron chi connectivity index (χ3n) is 11.6. The van der Waals surface area contributed by atoms with Gasteiger partial charge in [-0.15, -0.1) is 22.7 Å². The van der Waals surface area contributed by atoms with Gasteiger partial charge in [-0.1, -0.05) is 75.4 Å². The predicted molar refractivity (Wildman–Crippen MR) is 298 cm³/mol. The van der Waals surface area contributed by atoms with Crippen molar-refractivity contribution in [1.29, 1.82) is 5.26 Å². The third-order valence-corrected chi connectivity index (χ3v) is 13.5. The van der Waals surface area contributed by atoms with Crippen LogP contribution in [0.25, 0.3) is 48.6 Å². The van der Waals surface area contributed by atoms with E-state index >= 15 is 0 Å². The molecule has 0 bridgehead atoms. The number of nitrogens with one attached hydrogen (secondary N) is 2. The second-order valence-corrected chi connectivity index (χ2v) is 20.5. The maximum Gasteiger partial charge on any atom is 0.270 e. The molecule has 10 N–H and O–H groups in total. The standard InChI is InChI=1S/C33H38N6O8S.C12H12N2OS.C10H19NO2/c1-43-28-16-23(27(35)18-39(37)8-9-44-10-11-45-12-13-46-14-15-47-19-29(36)40)6-7-24(28)21-2-4-22(5-3-21)26-20-48-33-30(26)31(41)25(17-34)32(42)38-33;1-9-12(16-8-14-9)11-4-2-10(3-5-11)6-13-7-15;1-10(2,3)6-9(13)11-5-4-8(12)7-11/h2-7,16,18,20H,8-15,19,35,37H2,1H3,(H2,36,40)(H2,38,41,42);2-5,7-8H,6H2,1H3,(H,13,15);8,12H,4-7H2,1-3H3/b27-18-;;. The number of hydrogen-bond acceptors (Lipinski definition) is 18. The van der Waals surface area contributed by atoms with Crippen molar-refractivity contribution < 1.29 is 48.3 Å². The van der Waals surface area contributed by atoms with E-state index in [0.29, 0.717) is 99.3 Å². The number of aromatic amines is 1. The first-order valence-corrected chi connectivity index (χ1v) is 26.4. The Morgan fingerprint density at radius 2 is 1.56 bits per heavy atom. The zero-order valence-electron chi connectivity index (χ0n) is 44.0. The normalized spacial score (nSPS) is 13.2. The van der Waals surface area contributed by atoms with Crippen LogP contribution in [-0.4, -0.2) is 134 Å². The molecule has 0 radical (unpaired) electrons. The van der Waals surface area contributed by atoms with E-state index in [1.165, 1.54) is 26.8 Å². The predicted octanol–water partition coefficient (Wildman–Crippen LogP) is 5.87. The lowest BCUT2D eigenvalue weighted by atomic mass is 9.92. The van der Waals surface area contributed by atoms with E-state index in [1.54, 1.807) is 35.6 Å². The first-order valence-electron chi connectivity index (χ1n) is 24.7. The number of likely N-dealkylation sites (tertiary alicyclic amines) is 1. The van der Waals surface area contributed by atoms with E-state index in [-0.39, 0.29) is 42.0 Å². The van der Waals surface area contributed by atoms with Gasteiger partial charge in [-0.25, -0.2) is 10.8 Å². The molecule has 77 heavy (non-hydrogen) atoms. The number of nitrogens with two attached hydrogens (primary N) is 3. The molecule has 7 rings (SSSR count). The zero-order chi connectivity index (χ0) is 55.9. The molecule has 6 aromatic rings. The quantitative estimate of drug-likeness (QED) is 0.0161. The minimum atomic E-state index is -0.619. The molecule has 3 aromatic heterocycles. The molecule has 1 saturated heterocycles. The number of aromatic hydroxyl groups is 1. The molecule has 1 aliphatic rings. The molecule has 4 heterocycles. The molecule has 0 spiro atoms. The van der Waals surface area contributed by atoms with Gasteiger partial charge in [0.1, 0.15) is 29.0 Å². The number of nitriles is 1. The SMILES string of the molecule is CC(C)(C)CC(=O)N1CCC(O)C1.COc1cc(/C(N)=C/N(N)CCOCCOCCOCCOCC(N)=O)ccc1-c1ccc(-c2csc3[nH]c(=O)c(C#N)c(O)c23)cc1.Cc1ncsc1-c1ccc(CNC=O)cc1. The summed E-state index contributed by atoms with van der Waals surface area (Å²) in [6.07, 6.45) is 3.33. The van der Waals surface area contributed by atoms with E-state index in [1.807, 2.05) is 72.4 Å². The first kappa shape index (κ1) is 60.7. The van der Waals surface area contributed by atoms with E-state index < -0.39 is 11.5 Å². The number of hydrogen-bond donors (Lipinski definition) is 7. The number of nitrogens with zero attached hydrogens (tertiary/aromatic N) is 4. The number of methoxy groups -OCH3 is 1. The van der Waals surface area contributed by atoms with Crippen LogP contribution in [0.4, 0.5) is 0 Å². The average molecular weight is 1100 g/mol. The van der Waals surface area contributed by atoms with Gasteiger partial charge in [0.2, 0.25) is 18.2 Å². The van der Waals surface area contributed by atoms with Crippen LogP contribution in [0.1, 0.15) is 56.0 Å². The van der Waals surface area contributed by atoms with E-state index in [0.717, 1.165) is 46.5 Å². The van der Waals surface area contributed by atoms with Crippen molar-refractivity contribution in [2.45, 2.75) is 53.2 Å². The lowest BCUT2D eigenvalue weighted by molar-refractivity contribution is -0.132. The summed E-state index contributed by atoms with van der Waals surface area (Å²) in [6, 6.07) is 23.2. The van der Waals surface area contributed by atoms with Crippen LogP contribution >= 0.6 is 22.7 Å². The molecule has 20 nitrogen and oxygen atoms in total. The molecular weight excluding hydrogens is 1030 g/mol. The molecule has 412 valence electrons. The van der Waals surface area contributed by atoms with Gasteiger partial charge in [-0.2, -0.15) is 5.26 Å². The van der Waals surface area contributed by atoms with Gasteiger partial charge >= 0.3 is 0 Å². The van der Waals surface area contributed by atoms with Gasteiger partial charge < -0.3 is 65.6 Å². The van der Waals surface area contributed by atoms with Crippen LogP contribution in [0.3, 0.4) is 0 Å². The number of ether oxygens (including phenoxy) is 5. The molecule has 0 saturated carbocycles. The summed E-state index contributed by atoms with van der Waals surface area (Å²) in [5.41, 5.74) is 20.0. The number of amides is 3. The largest absolute Gasteiger partial charge is 0.506 e. The third kappa shape index (κ3) is 19.1. The van der Waals surface area contributed by atoms with E-state index in [9.17, 15) is 34.7 Å². The zero-order valence-corrected chi connectivity index (χ0v) is 45.7. The van der Waals surface area contributed by atoms with Crippen molar-refractivity contribution >= 4 is 56.8 Å². The smallest absolute Gasteiger partial charge is 0.270 e. The average Bonchev–Trinajstić information content (AvgIpc) is 4.17. The van der Waals surface area contributed by atoms with Crippen molar-refractivity contribution in [2.75, 3.05) is 79.6 Å². The molecule has 1 aliphatic heterocycles. The van der Waals surface area contributed by atoms with Crippen LogP contribution in [-0.2, 0) is 39.9 Å². The number of thiophene rings is 1. The Labute approximate surface area is 455 Å². The van der Waals surface area contributed by atoms with Crippen LogP contribution in [0.2, 0.25) is 0 Å². The molecule has 1 fully saturated rings. The number of carbonyl (C=O) groups excluding carboxylic acids is 3.